The predicted octanol–water partition coefficient (Wildman–Crippen LogP) is 4.22. The molecule has 0 radical (unpaired) electrons. The number of ether oxygens (including phenoxy) is 2. The molecule has 6 N–H and O–H groups in total. The number of carbonyl (C=O) groups is 2. The summed E-state index contributed by atoms with van der Waals surface area (Å²) in [4.78, 5) is 70.4. The van der Waals surface area contributed by atoms with Crippen molar-refractivity contribution >= 4 is 52.2 Å². The summed E-state index contributed by atoms with van der Waals surface area (Å²) in [7, 11) is 1.46. The fraction of sp³-hybridized carbons (Fsp3) is 0.474. The van der Waals surface area contributed by atoms with Crippen LogP contribution in [0.2, 0.25) is 5.02 Å². The van der Waals surface area contributed by atoms with E-state index in [4.69, 9.17) is 26.8 Å². The van der Waals surface area contributed by atoms with E-state index in [-0.39, 0.29) is 58.3 Å². The van der Waals surface area contributed by atoms with Gasteiger partial charge in [-0.15, -0.1) is 0 Å². The third kappa shape index (κ3) is 7.34. The van der Waals surface area contributed by atoms with Gasteiger partial charge >= 0.3 is 0 Å². The molecule has 2 fully saturated rings. The summed E-state index contributed by atoms with van der Waals surface area (Å²) in [6.07, 6.45) is 9.94. The molecule has 19 heteroatoms. The number of pyridine rings is 2. The van der Waals surface area contributed by atoms with Crippen LogP contribution < -0.4 is 47.6 Å². The number of fused-ring (bicyclic) bond motifs is 4. The number of aromatic nitrogens is 6. The second kappa shape index (κ2) is 16.4. The number of rotatable bonds is 8. The molecule has 4 aromatic rings. The first kappa shape index (κ1) is 40.9. The van der Waals surface area contributed by atoms with Crippen molar-refractivity contribution in [2.75, 3.05) is 49.7 Å². The summed E-state index contributed by atoms with van der Waals surface area (Å²) in [5.41, 5.74) is 5.74. The van der Waals surface area contributed by atoms with Gasteiger partial charge in [0.2, 0.25) is 5.75 Å². The standard InChI is InChI=1S/C19H25N7O3.C18H20ClN5O3.CH4/c1-4-25-7-5-19(6-8-25)24-17(27)13-11(2)9-12(18(28)26(13)19)23-16-14(29-3)15(20)21-10-22-16;1-2-27-13-9-20-10-21-15(13)22-12-8-11(19)14-16(25)23-18(24(14)17(12)26)6-4-3-5-7-18;/h9-10H,4-8H2,1-3H3,(H,24,27)(H3,20,21,22,23);8-10H,2-7H2,1H3,(H,23,25)(H,20,21,22);1H4. The van der Waals surface area contributed by atoms with Crippen LogP contribution in [0.25, 0.3) is 0 Å². The van der Waals surface area contributed by atoms with E-state index < -0.39 is 11.3 Å². The van der Waals surface area contributed by atoms with Crippen molar-refractivity contribution in [2.45, 2.75) is 84.5 Å². The van der Waals surface area contributed by atoms with Gasteiger partial charge in [0.25, 0.3) is 22.9 Å². The van der Waals surface area contributed by atoms with Crippen molar-refractivity contribution in [3.8, 4) is 11.5 Å². The van der Waals surface area contributed by atoms with E-state index in [9.17, 15) is 19.2 Å². The second-order valence-corrected chi connectivity index (χ2v) is 14.6. The van der Waals surface area contributed by atoms with Crippen LogP contribution in [0.4, 0.5) is 28.8 Å². The molecule has 4 aromatic heterocycles. The van der Waals surface area contributed by atoms with Crippen LogP contribution >= 0.6 is 11.6 Å². The zero-order chi connectivity index (χ0) is 39.8. The Morgan fingerprint density at radius 1 is 0.842 bits per heavy atom. The zero-order valence-electron chi connectivity index (χ0n) is 31.7. The van der Waals surface area contributed by atoms with Crippen LogP contribution in [0.3, 0.4) is 0 Å². The van der Waals surface area contributed by atoms with E-state index in [0.29, 0.717) is 66.6 Å². The summed E-state index contributed by atoms with van der Waals surface area (Å²) >= 11 is 6.39. The van der Waals surface area contributed by atoms with Gasteiger partial charge in [0, 0.05) is 25.9 Å². The normalized spacial score (nSPS) is 17.4. The summed E-state index contributed by atoms with van der Waals surface area (Å²) in [6, 6.07) is 3.13. The van der Waals surface area contributed by atoms with Crippen molar-refractivity contribution in [1.29, 1.82) is 0 Å². The molecule has 7 heterocycles. The fourth-order valence-corrected chi connectivity index (χ4v) is 8.43. The first-order valence-corrected chi connectivity index (χ1v) is 19.1. The van der Waals surface area contributed by atoms with Crippen LogP contribution in [0.5, 0.6) is 11.5 Å². The average Bonchev–Trinajstić information content (AvgIpc) is 3.64. The zero-order valence-corrected chi connectivity index (χ0v) is 32.5. The maximum absolute atomic E-state index is 13.5. The molecular weight excluding hydrogens is 756 g/mol. The lowest BCUT2D eigenvalue weighted by molar-refractivity contribution is 0.0760. The lowest BCUT2D eigenvalue weighted by Gasteiger charge is -2.40. The molecule has 2 spiro atoms. The highest BCUT2D eigenvalue weighted by Gasteiger charge is 2.47. The number of hydrogen-bond donors (Lipinski definition) is 5. The van der Waals surface area contributed by atoms with E-state index in [1.807, 2.05) is 13.8 Å². The van der Waals surface area contributed by atoms with E-state index in [2.05, 4.69) is 53.0 Å². The van der Waals surface area contributed by atoms with Crippen molar-refractivity contribution in [3.05, 3.63) is 73.7 Å². The van der Waals surface area contributed by atoms with Gasteiger partial charge in [0.15, 0.2) is 23.2 Å². The van der Waals surface area contributed by atoms with E-state index in [1.165, 1.54) is 36.6 Å². The van der Waals surface area contributed by atoms with Crippen molar-refractivity contribution in [2.24, 2.45) is 0 Å². The number of methoxy groups -OCH3 is 1. The molecular formula is C38H49ClN12O6. The number of hydrogen-bond acceptors (Lipinski definition) is 14. The number of amides is 2. The SMILES string of the molecule is C.CCN1CCC2(CC1)NC(=O)c1c(C)cc(Nc3ncnc(N)c3OC)c(=O)n12.CCOc1cncnc1Nc1cc(Cl)c2n(c1=O)C1(CCCCC1)NC2=O. The van der Waals surface area contributed by atoms with Gasteiger partial charge in [-0.1, -0.05) is 32.4 Å². The molecule has 1 aliphatic carbocycles. The highest BCUT2D eigenvalue weighted by Crippen LogP contribution is 2.39. The molecule has 1 saturated heterocycles. The first-order chi connectivity index (χ1) is 27.0. The number of likely N-dealkylation sites (tertiary alicyclic amines) is 1. The number of carbonyl (C=O) groups excluding carboxylic acids is 2. The molecule has 4 aliphatic rings. The Morgan fingerprint density at radius 2 is 1.44 bits per heavy atom. The average molecular weight is 805 g/mol. The van der Waals surface area contributed by atoms with Gasteiger partial charge in [-0.2, -0.15) is 0 Å². The quantitative estimate of drug-likeness (QED) is 0.168. The van der Waals surface area contributed by atoms with Gasteiger partial charge in [-0.25, -0.2) is 19.9 Å². The van der Waals surface area contributed by atoms with Crippen LogP contribution in [0, 0.1) is 6.92 Å². The van der Waals surface area contributed by atoms with E-state index in [0.717, 1.165) is 38.9 Å². The van der Waals surface area contributed by atoms with Crippen LogP contribution in [0.1, 0.15) is 92.8 Å². The lowest BCUT2D eigenvalue weighted by atomic mass is 9.89. The van der Waals surface area contributed by atoms with E-state index in [1.54, 1.807) is 10.6 Å². The number of anilines is 5. The number of aryl methyl sites for hydroxylation is 1. The minimum atomic E-state index is -0.702. The lowest BCUT2D eigenvalue weighted by Crippen LogP contribution is -2.54. The summed E-state index contributed by atoms with van der Waals surface area (Å²) < 4.78 is 13.9. The second-order valence-electron chi connectivity index (χ2n) is 14.2. The number of nitrogens with one attached hydrogen (secondary N) is 4. The topological polar surface area (TPSA) is 226 Å². The number of halogens is 1. The van der Waals surface area contributed by atoms with Gasteiger partial charge in [0.05, 0.1) is 24.9 Å². The number of nitrogen functional groups attached to an aromatic ring is 1. The van der Waals surface area contributed by atoms with Crippen LogP contribution in [-0.4, -0.2) is 79.1 Å². The molecule has 3 aliphatic heterocycles. The summed E-state index contributed by atoms with van der Waals surface area (Å²) in [6.45, 7) is 8.79. The molecule has 0 aromatic carbocycles. The van der Waals surface area contributed by atoms with Gasteiger partial charge in [-0.3, -0.25) is 28.3 Å². The largest absolute Gasteiger partial charge is 0.490 e. The highest BCUT2D eigenvalue weighted by molar-refractivity contribution is 6.34. The molecule has 0 unspecified atom stereocenters. The minimum absolute atomic E-state index is 0. The summed E-state index contributed by atoms with van der Waals surface area (Å²) in [5, 5.41) is 12.3. The maximum Gasteiger partial charge on any atom is 0.276 e. The third-order valence-corrected chi connectivity index (χ3v) is 11.1. The van der Waals surface area contributed by atoms with Crippen LogP contribution in [-0.2, 0) is 11.3 Å². The third-order valence-electron chi connectivity index (χ3n) is 10.9. The first-order valence-electron chi connectivity index (χ1n) is 18.7. The molecule has 304 valence electrons. The molecule has 2 amide bonds. The maximum atomic E-state index is 13.5. The molecule has 0 bridgehead atoms. The fourth-order valence-electron chi connectivity index (χ4n) is 8.15. The Labute approximate surface area is 334 Å². The molecule has 0 atom stereocenters. The predicted molar refractivity (Wildman–Crippen MR) is 216 cm³/mol. The number of piperidine rings is 1. The Bertz CT molecular complexity index is 2300. The minimum Gasteiger partial charge on any atom is -0.490 e. The monoisotopic (exact) mass is 804 g/mol. The van der Waals surface area contributed by atoms with Gasteiger partial charge in [0.1, 0.15) is 46.7 Å². The molecule has 18 nitrogen and oxygen atoms in total. The Kier molecular flexibility index (Phi) is 11.8. The Balaban J connectivity index is 0.000000190. The Morgan fingerprint density at radius 3 is 2.09 bits per heavy atom. The van der Waals surface area contributed by atoms with Crippen molar-refractivity contribution < 1.29 is 19.1 Å². The van der Waals surface area contributed by atoms with Crippen LogP contribution in [0.15, 0.2) is 40.6 Å². The van der Waals surface area contributed by atoms with Gasteiger partial charge < -0.3 is 41.4 Å². The van der Waals surface area contributed by atoms with E-state index >= 15 is 0 Å². The Hall–Kier alpha value is -5.75. The molecule has 57 heavy (non-hydrogen) atoms. The smallest absolute Gasteiger partial charge is 0.276 e. The number of nitrogens with two attached hydrogens (primary N) is 1. The molecule has 1 saturated carbocycles. The molecule has 8 rings (SSSR count). The van der Waals surface area contributed by atoms with Crippen molar-refractivity contribution in [1.82, 2.24) is 44.6 Å². The number of nitrogens with zero attached hydrogens (tertiary/aromatic N) is 7. The summed E-state index contributed by atoms with van der Waals surface area (Å²) in [5.74, 6) is 1.02. The highest BCUT2D eigenvalue weighted by atomic mass is 35.5. The van der Waals surface area contributed by atoms with Gasteiger partial charge in [-0.05, 0) is 63.8 Å². The van der Waals surface area contributed by atoms with Crippen molar-refractivity contribution in [3.63, 3.8) is 0 Å².